The van der Waals surface area contributed by atoms with E-state index in [9.17, 15) is 13.2 Å². The van der Waals surface area contributed by atoms with E-state index >= 15 is 0 Å². The van der Waals surface area contributed by atoms with Crippen molar-refractivity contribution in [1.29, 1.82) is 0 Å². The van der Waals surface area contributed by atoms with Gasteiger partial charge in [-0.3, -0.25) is 0 Å². The number of hydrogen-bond donors (Lipinski definition) is 0. The van der Waals surface area contributed by atoms with Crippen LogP contribution in [0.5, 0.6) is 0 Å². The third-order valence-corrected chi connectivity index (χ3v) is 2.56. The molecule has 2 aromatic rings. The van der Waals surface area contributed by atoms with Crippen molar-refractivity contribution in [1.82, 2.24) is 19.6 Å². The van der Waals surface area contributed by atoms with E-state index in [2.05, 4.69) is 15.1 Å². The first-order valence-electron chi connectivity index (χ1n) is 4.83. The van der Waals surface area contributed by atoms with Crippen LogP contribution in [0.1, 0.15) is 30.1 Å². The van der Waals surface area contributed by atoms with E-state index in [1.807, 2.05) is 0 Å². The standard InChI is InChI=1S/C9H7F3N4/c10-9(11,12)7-3-6(5-1-2-5)15-8-13-4-14-16(7)8/h3-5H,1-2H2. The number of alkyl halides is 3. The van der Waals surface area contributed by atoms with Gasteiger partial charge in [0.05, 0.1) is 0 Å². The fourth-order valence-corrected chi connectivity index (χ4v) is 1.62. The van der Waals surface area contributed by atoms with Gasteiger partial charge in [-0.05, 0) is 18.9 Å². The molecule has 4 nitrogen and oxygen atoms in total. The molecule has 0 spiro atoms. The van der Waals surface area contributed by atoms with Gasteiger partial charge in [0, 0.05) is 11.6 Å². The Labute approximate surface area is 88.1 Å². The highest BCUT2D eigenvalue weighted by molar-refractivity contribution is 5.33. The summed E-state index contributed by atoms with van der Waals surface area (Å²) in [5.41, 5.74) is -0.343. The van der Waals surface area contributed by atoms with Crippen LogP contribution >= 0.6 is 0 Å². The number of hydrogen-bond acceptors (Lipinski definition) is 3. The van der Waals surface area contributed by atoms with E-state index in [1.165, 1.54) is 0 Å². The van der Waals surface area contributed by atoms with Gasteiger partial charge in [0.15, 0.2) is 5.69 Å². The maximum atomic E-state index is 12.7. The van der Waals surface area contributed by atoms with Crippen molar-refractivity contribution in [2.24, 2.45) is 0 Å². The third-order valence-electron chi connectivity index (χ3n) is 2.56. The Kier molecular flexibility index (Phi) is 1.75. The predicted octanol–water partition coefficient (Wildman–Crippen LogP) is 2.02. The first kappa shape index (κ1) is 9.56. The van der Waals surface area contributed by atoms with Crippen LogP contribution < -0.4 is 0 Å². The smallest absolute Gasteiger partial charge is 0.216 e. The molecular weight excluding hydrogens is 221 g/mol. The van der Waals surface area contributed by atoms with Crippen molar-refractivity contribution < 1.29 is 13.2 Å². The van der Waals surface area contributed by atoms with Crippen LogP contribution in [0.2, 0.25) is 0 Å². The van der Waals surface area contributed by atoms with Gasteiger partial charge >= 0.3 is 6.18 Å². The lowest BCUT2D eigenvalue weighted by atomic mass is 10.2. The van der Waals surface area contributed by atoms with E-state index in [-0.39, 0.29) is 11.7 Å². The lowest BCUT2D eigenvalue weighted by Crippen LogP contribution is -2.14. The van der Waals surface area contributed by atoms with Crippen LogP contribution in [0.4, 0.5) is 13.2 Å². The van der Waals surface area contributed by atoms with Crippen molar-refractivity contribution >= 4 is 5.78 Å². The summed E-state index contributed by atoms with van der Waals surface area (Å²) in [5, 5.41) is 3.53. The highest BCUT2D eigenvalue weighted by atomic mass is 19.4. The molecule has 0 radical (unpaired) electrons. The molecule has 0 bridgehead atoms. The number of fused-ring (bicyclic) bond motifs is 1. The largest absolute Gasteiger partial charge is 0.433 e. The summed E-state index contributed by atoms with van der Waals surface area (Å²) in [6, 6.07) is 1.07. The summed E-state index contributed by atoms with van der Waals surface area (Å²) in [7, 11) is 0. The van der Waals surface area contributed by atoms with Gasteiger partial charge in [-0.1, -0.05) is 0 Å². The second kappa shape index (κ2) is 2.93. The molecule has 0 N–H and O–H groups in total. The zero-order chi connectivity index (χ0) is 11.3. The van der Waals surface area contributed by atoms with E-state index < -0.39 is 11.9 Å². The molecule has 0 aromatic carbocycles. The first-order chi connectivity index (χ1) is 7.55. The minimum absolute atomic E-state index is 0.0109. The molecule has 0 aliphatic heterocycles. The molecule has 1 saturated carbocycles. The van der Waals surface area contributed by atoms with Gasteiger partial charge in [0.25, 0.3) is 5.78 Å². The minimum atomic E-state index is -4.43. The second-order valence-corrected chi connectivity index (χ2v) is 3.81. The lowest BCUT2D eigenvalue weighted by Gasteiger charge is -2.09. The number of halogens is 3. The van der Waals surface area contributed by atoms with Crippen LogP contribution in [0.25, 0.3) is 5.78 Å². The Balaban J connectivity index is 2.26. The van der Waals surface area contributed by atoms with E-state index in [4.69, 9.17) is 0 Å². The fraction of sp³-hybridized carbons (Fsp3) is 0.444. The van der Waals surface area contributed by atoms with Crippen molar-refractivity contribution in [2.45, 2.75) is 24.9 Å². The molecule has 2 heterocycles. The summed E-state index contributed by atoms with van der Waals surface area (Å²) < 4.78 is 39.0. The third kappa shape index (κ3) is 1.43. The Hall–Kier alpha value is -1.66. The highest BCUT2D eigenvalue weighted by Gasteiger charge is 2.37. The quantitative estimate of drug-likeness (QED) is 0.749. The average Bonchev–Trinajstić information content (AvgIpc) is 2.94. The van der Waals surface area contributed by atoms with Crippen molar-refractivity contribution in [3.63, 3.8) is 0 Å². The van der Waals surface area contributed by atoms with E-state index in [1.54, 1.807) is 0 Å². The fourth-order valence-electron chi connectivity index (χ4n) is 1.62. The van der Waals surface area contributed by atoms with Gasteiger partial charge in [-0.15, -0.1) is 0 Å². The number of aromatic nitrogens is 4. The maximum Gasteiger partial charge on any atom is 0.433 e. The summed E-state index contributed by atoms with van der Waals surface area (Å²) >= 11 is 0. The topological polar surface area (TPSA) is 43.1 Å². The molecule has 7 heteroatoms. The summed E-state index contributed by atoms with van der Waals surface area (Å²) in [4.78, 5) is 7.77. The van der Waals surface area contributed by atoms with Gasteiger partial charge in [0.1, 0.15) is 6.33 Å². The van der Waals surface area contributed by atoms with Crippen molar-refractivity contribution in [3.8, 4) is 0 Å². The molecule has 84 valence electrons. The summed E-state index contributed by atoms with van der Waals surface area (Å²) in [6.07, 6.45) is -1.56. The molecule has 0 amide bonds. The van der Waals surface area contributed by atoms with Gasteiger partial charge < -0.3 is 0 Å². The minimum Gasteiger partial charge on any atom is -0.216 e. The molecule has 1 aliphatic rings. The first-order valence-corrected chi connectivity index (χ1v) is 4.83. The lowest BCUT2D eigenvalue weighted by molar-refractivity contribution is -0.142. The molecular formula is C9H7F3N4. The molecule has 0 saturated heterocycles. The molecule has 2 aromatic heterocycles. The molecule has 1 aliphatic carbocycles. The van der Waals surface area contributed by atoms with Crippen molar-refractivity contribution in [3.05, 3.63) is 23.8 Å². The molecule has 1 fully saturated rings. The van der Waals surface area contributed by atoms with Gasteiger partial charge in [-0.25, -0.2) is 4.98 Å². The molecule has 3 rings (SSSR count). The summed E-state index contributed by atoms with van der Waals surface area (Å²) in [5.74, 6) is 0.166. The zero-order valence-electron chi connectivity index (χ0n) is 8.07. The molecule has 0 unspecified atom stereocenters. The Morgan fingerprint density at radius 2 is 2.06 bits per heavy atom. The van der Waals surface area contributed by atoms with Gasteiger partial charge in [-0.2, -0.15) is 27.8 Å². The summed E-state index contributed by atoms with van der Waals surface area (Å²) in [6.45, 7) is 0. The number of nitrogens with zero attached hydrogens (tertiary/aromatic N) is 4. The Morgan fingerprint density at radius 3 is 2.69 bits per heavy atom. The van der Waals surface area contributed by atoms with Crippen LogP contribution in [-0.4, -0.2) is 19.6 Å². The van der Waals surface area contributed by atoms with Crippen LogP contribution in [0, 0.1) is 0 Å². The Morgan fingerprint density at radius 1 is 1.31 bits per heavy atom. The predicted molar refractivity (Wildman–Crippen MR) is 47.8 cm³/mol. The SMILES string of the molecule is FC(F)(F)c1cc(C2CC2)nc2ncnn12. The maximum absolute atomic E-state index is 12.7. The molecule has 0 atom stereocenters. The van der Waals surface area contributed by atoms with Gasteiger partial charge in [0.2, 0.25) is 0 Å². The normalized spacial score (nSPS) is 16.9. The van der Waals surface area contributed by atoms with Crippen LogP contribution in [0.3, 0.4) is 0 Å². The second-order valence-electron chi connectivity index (χ2n) is 3.81. The highest BCUT2D eigenvalue weighted by Crippen LogP contribution is 2.40. The Bertz CT molecular complexity index is 541. The average molecular weight is 228 g/mol. The zero-order valence-corrected chi connectivity index (χ0v) is 8.07. The van der Waals surface area contributed by atoms with Crippen molar-refractivity contribution in [2.75, 3.05) is 0 Å². The molecule has 16 heavy (non-hydrogen) atoms. The van der Waals surface area contributed by atoms with E-state index in [0.29, 0.717) is 5.69 Å². The number of rotatable bonds is 1. The van der Waals surface area contributed by atoms with Crippen LogP contribution in [0.15, 0.2) is 12.4 Å². The monoisotopic (exact) mass is 228 g/mol. The van der Waals surface area contributed by atoms with E-state index in [0.717, 1.165) is 29.8 Å². The van der Waals surface area contributed by atoms with Crippen LogP contribution in [-0.2, 0) is 6.18 Å².